The van der Waals surface area contributed by atoms with Crippen molar-refractivity contribution in [2.24, 2.45) is 0 Å². The van der Waals surface area contributed by atoms with Gasteiger partial charge in [-0.05, 0) is 19.8 Å². The van der Waals surface area contributed by atoms with Gasteiger partial charge >= 0.3 is 5.97 Å². The van der Waals surface area contributed by atoms with E-state index in [0.29, 0.717) is 18.1 Å². The maximum absolute atomic E-state index is 11.9. The molecule has 0 bridgehead atoms. The van der Waals surface area contributed by atoms with Gasteiger partial charge in [0.25, 0.3) is 0 Å². The summed E-state index contributed by atoms with van der Waals surface area (Å²) in [4.78, 5) is 11.9. The number of nitrogens with zero attached hydrogens (tertiary/aromatic N) is 1. The summed E-state index contributed by atoms with van der Waals surface area (Å²) in [7, 11) is 0. The normalized spacial score (nSPS) is 18.5. The molecule has 2 atom stereocenters. The van der Waals surface area contributed by atoms with Gasteiger partial charge in [-0.2, -0.15) is 0 Å². The minimum Gasteiger partial charge on any atom is -0.455 e. The monoisotopic (exact) mass is 331 g/mol. The molecule has 24 heavy (non-hydrogen) atoms. The zero-order valence-corrected chi connectivity index (χ0v) is 13.6. The number of carbonyl (C=O) groups is 1. The molecule has 0 saturated carbocycles. The van der Waals surface area contributed by atoms with Crippen molar-refractivity contribution in [2.45, 2.75) is 38.6 Å². The molecule has 1 aromatic carbocycles. The van der Waals surface area contributed by atoms with Crippen molar-refractivity contribution in [3.05, 3.63) is 42.2 Å². The molecule has 0 N–H and O–H groups in total. The third-order valence-electron chi connectivity index (χ3n) is 3.87. The van der Waals surface area contributed by atoms with Crippen LogP contribution in [0.5, 0.6) is 0 Å². The summed E-state index contributed by atoms with van der Waals surface area (Å²) in [6, 6.07) is 11.4. The smallest absolute Gasteiger partial charge is 0.335 e. The van der Waals surface area contributed by atoms with Gasteiger partial charge in [0, 0.05) is 18.2 Å². The van der Waals surface area contributed by atoms with E-state index in [1.807, 2.05) is 30.3 Å². The number of benzene rings is 1. The lowest BCUT2D eigenvalue weighted by molar-refractivity contribution is -0.159. The maximum Gasteiger partial charge on any atom is 0.335 e. The molecule has 3 rings (SSSR count). The molecule has 0 radical (unpaired) electrons. The first-order valence-corrected chi connectivity index (χ1v) is 8.13. The van der Waals surface area contributed by atoms with Crippen molar-refractivity contribution in [3.63, 3.8) is 0 Å². The number of hydrogen-bond acceptors (Lipinski definition) is 6. The molecule has 6 nitrogen and oxygen atoms in total. The van der Waals surface area contributed by atoms with Gasteiger partial charge < -0.3 is 18.7 Å². The third-order valence-corrected chi connectivity index (χ3v) is 3.87. The van der Waals surface area contributed by atoms with Crippen LogP contribution in [-0.2, 0) is 25.6 Å². The van der Waals surface area contributed by atoms with E-state index in [0.717, 1.165) is 25.0 Å². The fraction of sp³-hybridized carbons (Fsp3) is 0.444. The number of carbonyl (C=O) groups excluding carboxylic acids is 1. The standard InChI is InChI=1S/C18H21NO5/c1-13(22-11-15-8-5-9-21-15)18(20)23-12-16-10-17(19-24-16)14-6-3-2-4-7-14/h2-4,6-7,10,13,15H,5,8-9,11-12H2,1H3. The molecular formula is C18H21NO5. The van der Waals surface area contributed by atoms with Gasteiger partial charge in [0.1, 0.15) is 5.69 Å². The van der Waals surface area contributed by atoms with Gasteiger partial charge in [-0.25, -0.2) is 4.79 Å². The van der Waals surface area contributed by atoms with Crippen LogP contribution < -0.4 is 0 Å². The van der Waals surface area contributed by atoms with E-state index in [9.17, 15) is 4.79 Å². The molecule has 2 unspecified atom stereocenters. The summed E-state index contributed by atoms with van der Waals surface area (Å²) in [5, 5.41) is 3.98. The lowest BCUT2D eigenvalue weighted by Crippen LogP contribution is -2.27. The van der Waals surface area contributed by atoms with Crippen LogP contribution in [0.2, 0.25) is 0 Å². The average molecular weight is 331 g/mol. The Balaban J connectivity index is 1.45. The van der Waals surface area contributed by atoms with Crippen LogP contribution >= 0.6 is 0 Å². The Labute approximate surface area is 140 Å². The molecule has 0 spiro atoms. The second kappa shape index (κ2) is 8.08. The van der Waals surface area contributed by atoms with Crippen LogP contribution in [0.15, 0.2) is 40.9 Å². The zero-order valence-electron chi connectivity index (χ0n) is 13.6. The topological polar surface area (TPSA) is 70.8 Å². The molecular weight excluding hydrogens is 310 g/mol. The van der Waals surface area contributed by atoms with Crippen LogP contribution in [0.4, 0.5) is 0 Å². The molecule has 0 amide bonds. The summed E-state index contributed by atoms with van der Waals surface area (Å²) in [5.41, 5.74) is 1.66. The first-order valence-electron chi connectivity index (χ1n) is 8.13. The highest BCUT2D eigenvalue weighted by Gasteiger charge is 2.21. The van der Waals surface area contributed by atoms with E-state index in [-0.39, 0.29) is 12.7 Å². The van der Waals surface area contributed by atoms with Crippen molar-refractivity contribution in [1.82, 2.24) is 5.16 Å². The summed E-state index contributed by atoms with van der Waals surface area (Å²) in [6.45, 7) is 2.89. The van der Waals surface area contributed by atoms with Gasteiger partial charge in [0.05, 0.1) is 12.7 Å². The number of ether oxygens (including phenoxy) is 3. The van der Waals surface area contributed by atoms with Gasteiger partial charge in [-0.15, -0.1) is 0 Å². The SMILES string of the molecule is CC(OCC1CCCO1)C(=O)OCc1cc(-c2ccccc2)no1. The van der Waals surface area contributed by atoms with Crippen molar-refractivity contribution in [3.8, 4) is 11.3 Å². The Bertz CT molecular complexity index is 648. The molecule has 1 aromatic heterocycles. The Morgan fingerprint density at radius 3 is 2.96 bits per heavy atom. The third kappa shape index (κ3) is 4.43. The molecule has 2 heterocycles. The van der Waals surface area contributed by atoms with Crippen LogP contribution in [-0.4, -0.2) is 36.5 Å². The van der Waals surface area contributed by atoms with Gasteiger partial charge in [0.15, 0.2) is 18.5 Å². The predicted molar refractivity (Wildman–Crippen MR) is 86.1 cm³/mol. The first-order chi connectivity index (χ1) is 11.7. The second-order valence-electron chi connectivity index (χ2n) is 5.76. The Hall–Kier alpha value is -2.18. The van der Waals surface area contributed by atoms with E-state index in [1.165, 1.54) is 0 Å². The Morgan fingerprint density at radius 1 is 1.38 bits per heavy atom. The van der Waals surface area contributed by atoms with Crippen LogP contribution in [0.25, 0.3) is 11.3 Å². The molecule has 1 fully saturated rings. The Morgan fingerprint density at radius 2 is 2.21 bits per heavy atom. The molecule has 1 aliphatic rings. The lowest BCUT2D eigenvalue weighted by atomic mass is 10.1. The van der Waals surface area contributed by atoms with Crippen LogP contribution in [0, 0.1) is 0 Å². The summed E-state index contributed by atoms with van der Waals surface area (Å²) in [6.07, 6.45) is 1.47. The molecule has 1 saturated heterocycles. The van der Waals surface area contributed by atoms with Crippen LogP contribution in [0.3, 0.4) is 0 Å². The molecule has 0 aliphatic carbocycles. The fourth-order valence-corrected chi connectivity index (χ4v) is 2.48. The van der Waals surface area contributed by atoms with Crippen molar-refractivity contribution >= 4 is 5.97 Å². The quantitative estimate of drug-likeness (QED) is 0.727. The molecule has 128 valence electrons. The summed E-state index contributed by atoms with van der Waals surface area (Å²) < 4.78 is 21.4. The average Bonchev–Trinajstić information content (AvgIpc) is 3.30. The molecule has 6 heteroatoms. The Kier molecular flexibility index (Phi) is 5.61. The van der Waals surface area contributed by atoms with Crippen LogP contribution in [0.1, 0.15) is 25.5 Å². The number of aromatic nitrogens is 1. The second-order valence-corrected chi connectivity index (χ2v) is 5.76. The highest BCUT2D eigenvalue weighted by molar-refractivity contribution is 5.74. The van der Waals surface area contributed by atoms with Gasteiger partial charge in [0.2, 0.25) is 0 Å². The van der Waals surface area contributed by atoms with Crippen molar-refractivity contribution < 1.29 is 23.5 Å². The van der Waals surface area contributed by atoms with E-state index in [1.54, 1.807) is 13.0 Å². The minimum atomic E-state index is -0.634. The number of rotatable bonds is 7. The van der Waals surface area contributed by atoms with E-state index in [4.69, 9.17) is 18.7 Å². The van der Waals surface area contributed by atoms with Gasteiger partial charge in [-0.3, -0.25) is 0 Å². The van der Waals surface area contributed by atoms with Gasteiger partial charge in [-0.1, -0.05) is 35.5 Å². The van der Waals surface area contributed by atoms with E-state index >= 15 is 0 Å². The molecule has 2 aromatic rings. The zero-order chi connectivity index (χ0) is 16.8. The predicted octanol–water partition coefficient (Wildman–Crippen LogP) is 2.97. The minimum absolute atomic E-state index is 0.0340. The maximum atomic E-state index is 11.9. The van der Waals surface area contributed by atoms with E-state index < -0.39 is 12.1 Å². The van der Waals surface area contributed by atoms with Crippen molar-refractivity contribution in [2.75, 3.05) is 13.2 Å². The summed E-state index contributed by atoms with van der Waals surface area (Å²) in [5.74, 6) is 0.0687. The first kappa shape index (κ1) is 16.7. The summed E-state index contributed by atoms with van der Waals surface area (Å²) >= 11 is 0. The molecule has 1 aliphatic heterocycles. The highest BCUT2D eigenvalue weighted by atomic mass is 16.6. The lowest BCUT2D eigenvalue weighted by Gasteiger charge is -2.15. The van der Waals surface area contributed by atoms with E-state index in [2.05, 4.69) is 5.16 Å². The van der Waals surface area contributed by atoms with Crippen molar-refractivity contribution in [1.29, 1.82) is 0 Å². The largest absolute Gasteiger partial charge is 0.455 e. The number of esters is 1. The highest BCUT2D eigenvalue weighted by Crippen LogP contribution is 2.19. The fourth-order valence-electron chi connectivity index (χ4n) is 2.48. The number of hydrogen-bond donors (Lipinski definition) is 0.